The summed E-state index contributed by atoms with van der Waals surface area (Å²) >= 11 is 0. The van der Waals surface area contributed by atoms with E-state index in [-0.39, 0.29) is 5.91 Å². The van der Waals surface area contributed by atoms with Crippen molar-refractivity contribution in [2.24, 2.45) is 0 Å². The zero-order chi connectivity index (χ0) is 12.7. The van der Waals surface area contributed by atoms with Crippen LogP contribution in [0.5, 0.6) is 0 Å². The molecule has 0 saturated carbocycles. The zero-order valence-corrected chi connectivity index (χ0v) is 10.2. The molecule has 0 spiro atoms. The Morgan fingerprint density at radius 2 is 2.28 bits per heavy atom. The number of β-amino-alcohol motifs (C(OH)–C–C–N with tert-alkyl or cyclic N) is 1. The number of carbonyl (C=O) groups excluding carboxylic acids is 1. The second kappa shape index (κ2) is 4.14. The monoisotopic (exact) mass is 245 g/mol. The Balaban J connectivity index is 1.92. The fourth-order valence-corrected chi connectivity index (χ4v) is 2.35. The molecule has 94 valence electrons. The van der Waals surface area contributed by atoms with Gasteiger partial charge in [0.15, 0.2) is 5.76 Å². The maximum absolute atomic E-state index is 12.2. The summed E-state index contributed by atoms with van der Waals surface area (Å²) in [5.41, 5.74) is 1.86. The highest BCUT2D eigenvalue weighted by atomic mass is 16.3. The van der Waals surface area contributed by atoms with Crippen molar-refractivity contribution in [2.45, 2.75) is 19.4 Å². The van der Waals surface area contributed by atoms with Crippen LogP contribution in [0.2, 0.25) is 0 Å². The van der Waals surface area contributed by atoms with Gasteiger partial charge in [-0.2, -0.15) is 0 Å². The zero-order valence-electron chi connectivity index (χ0n) is 10.2. The molecule has 1 aliphatic heterocycles. The van der Waals surface area contributed by atoms with Crippen molar-refractivity contribution in [3.63, 3.8) is 0 Å². The third-order valence-corrected chi connectivity index (χ3v) is 3.33. The molecular formula is C14H15NO3. The molecule has 4 heteroatoms. The lowest BCUT2D eigenvalue weighted by Crippen LogP contribution is -2.29. The summed E-state index contributed by atoms with van der Waals surface area (Å²) < 4.78 is 5.56. The van der Waals surface area contributed by atoms with Gasteiger partial charge in [-0.15, -0.1) is 0 Å². The first-order valence-corrected chi connectivity index (χ1v) is 6.11. The van der Waals surface area contributed by atoms with Crippen LogP contribution in [0, 0.1) is 6.92 Å². The van der Waals surface area contributed by atoms with Gasteiger partial charge in [-0.05, 0) is 31.5 Å². The van der Waals surface area contributed by atoms with Gasteiger partial charge in [-0.1, -0.05) is 11.6 Å². The maximum Gasteiger partial charge on any atom is 0.289 e. The Bertz CT molecular complexity index is 602. The predicted molar refractivity (Wildman–Crippen MR) is 67.5 cm³/mol. The Morgan fingerprint density at radius 1 is 1.44 bits per heavy atom. The van der Waals surface area contributed by atoms with E-state index in [1.54, 1.807) is 11.0 Å². The van der Waals surface area contributed by atoms with E-state index in [0.717, 1.165) is 16.5 Å². The first-order chi connectivity index (χ1) is 8.63. The van der Waals surface area contributed by atoms with Crippen LogP contribution < -0.4 is 0 Å². The normalized spacial score (nSPS) is 19.7. The molecule has 1 aromatic heterocycles. The van der Waals surface area contributed by atoms with Gasteiger partial charge in [0.2, 0.25) is 0 Å². The van der Waals surface area contributed by atoms with E-state index in [1.165, 1.54) is 0 Å². The van der Waals surface area contributed by atoms with Gasteiger partial charge in [0.1, 0.15) is 5.58 Å². The third-order valence-electron chi connectivity index (χ3n) is 3.33. The van der Waals surface area contributed by atoms with Gasteiger partial charge in [0.05, 0.1) is 6.10 Å². The van der Waals surface area contributed by atoms with Crippen molar-refractivity contribution < 1.29 is 14.3 Å². The Morgan fingerprint density at radius 3 is 3.00 bits per heavy atom. The first kappa shape index (κ1) is 11.3. The number of fused-ring (bicyclic) bond motifs is 1. The summed E-state index contributed by atoms with van der Waals surface area (Å²) in [6, 6.07) is 7.60. The number of benzene rings is 1. The summed E-state index contributed by atoms with van der Waals surface area (Å²) in [6.07, 6.45) is 0.242. The van der Waals surface area contributed by atoms with Gasteiger partial charge >= 0.3 is 0 Å². The Labute approximate surface area is 105 Å². The molecule has 1 N–H and O–H groups in total. The number of likely N-dealkylation sites (tertiary alicyclic amines) is 1. The summed E-state index contributed by atoms with van der Waals surface area (Å²) in [4.78, 5) is 13.8. The molecule has 1 saturated heterocycles. The lowest BCUT2D eigenvalue weighted by atomic mass is 10.2. The number of furan rings is 1. The lowest BCUT2D eigenvalue weighted by Gasteiger charge is -2.12. The third kappa shape index (κ3) is 1.88. The van der Waals surface area contributed by atoms with Crippen molar-refractivity contribution in [2.75, 3.05) is 13.1 Å². The molecule has 1 amide bonds. The number of aliphatic hydroxyl groups is 1. The second-order valence-corrected chi connectivity index (χ2v) is 4.85. The van der Waals surface area contributed by atoms with Crippen molar-refractivity contribution >= 4 is 16.9 Å². The van der Waals surface area contributed by atoms with Crippen LogP contribution in [0.4, 0.5) is 0 Å². The summed E-state index contributed by atoms with van der Waals surface area (Å²) in [5.74, 6) is 0.213. The van der Waals surface area contributed by atoms with Crippen molar-refractivity contribution in [1.82, 2.24) is 4.90 Å². The largest absolute Gasteiger partial charge is 0.451 e. The second-order valence-electron chi connectivity index (χ2n) is 4.85. The summed E-state index contributed by atoms with van der Waals surface area (Å²) in [5, 5.41) is 10.4. The van der Waals surface area contributed by atoms with Crippen LogP contribution in [0.15, 0.2) is 28.7 Å². The van der Waals surface area contributed by atoms with Gasteiger partial charge in [0.25, 0.3) is 5.91 Å². The number of rotatable bonds is 1. The SMILES string of the molecule is Cc1ccc2oc(C(=O)N3CC[C@@H](O)C3)cc2c1. The molecule has 1 atom stereocenters. The van der Waals surface area contributed by atoms with E-state index in [4.69, 9.17) is 4.42 Å². The molecule has 1 aliphatic rings. The quantitative estimate of drug-likeness (QED) is 0.835. The van der Waals surface area contributed by atoms with Crippen LogP contribution in [0.3, 0.4) is 0 Å². The topological polar surface area (TPSA) is 53.7 Å². The molecule has 4 nitrogen and oxygen atoms in total. The number of aliphatic hydroxyl groups excluding tert-OH is 1. The molecule has 0 radical (unpaired) electrons. The number of amides is 1. The predicted octanol–water partition coefficient (Wildman–Crippen LogP) is 1.95. The average molecular weight is 245 g/mol. The number of hydrogen-bond acceptors (Lipinski definition) is 3. The summed E-state index contributed by atoms with van der Waals surface area (Å²) in [6.45, 7) is 3.00. The molecule has 2 aromatic rings. The number of carbonyl (C=O) groups is 1. The van der Waals surface area contributed by atoms with E-state index in [9.17, 15) is 9.90 Å². The summed E-state index contributed by atoms with van der Waals surface area (Å²) in [7, 11) is 0. The minimum absolute atomic E-state index is 0.139. The molecule has 3 rings (SSSR count). The molecule has 1 aromatic carbocycles. The highest BCUT2D eigenvalue weighted by Gasteiger charge is 2.27. The van der Waals surface area contributed by atoms with Crippen LogP contribution in [-0.2, 0) is 0 Å². The van der Waals surface area contributed by atoms with E-state index in [0.29, 0.717) is 25.3 Å². The highest BCUT2D eigenvalue weighted by molar-refractivity contribution is 5.96. The lowest BCUT2D eigenvalue weighted by molar-refractivity contribution is 0.0736. The molecule has 2 heterocycles. The minimum atomic E-state index is -0.402. The van der Waals surface area contributed by atoms with Crippen molar-refractivity contribution in [3.05, 3.63) is 35.6 Å². The van der Waals surface area contributed by atoms with Gasteiger partial charge in [-0.3, -0.25) is 4.79 Å². The van der Waals surface area contributed by atoms with Gasteiger partial charge < -0.3 is 14.4 Å². The Hall–Kier alpha value is -1.81. The Kier molecular flexibility index (Phi) is 2.59. The van der Waals surface area contributed by atoms with Crippen LogP contribution >= 0.6 is 0 Å². The number of aryl methyl sites for hydroxylation is 1. The van der Waals surface area contributed by atoms with Crippen molar-refractivity contribution in [1.29, 1.82) is 0 Å². The van der Waals surface area contributed by atoms with Crippen LogP contribution in [0.1, 0.15) is 22.5 Å². The smallest absolute Gasteiger partial charge is 0.289 e. The van der Waals surface area contributed by atoms with Crippen LogP contribution in [-0.4, -0.2) is 35.1 Å². The highest BCUT2D eigenvalue weighted by Crippen LogP contribution is 2.23. The van der Waals surface area contributed by atoms with E-state index in [2.05, 4.69) is 0 Å². The minimum Gasteiger partial charge on any atom is -0.451 e. The molecule has 18 heavy (non-hydrogen) atoms. The molecule has 0 unspecified atom stereocenters. The van der Waals surface area contributed by atoms with Crippen molar-refractivity contribution in [3.8, 4) is 0 Å². The van der Waals surface area contributed by atoms with Gasteiger partial charge in [0, 0.05) is 18.5 Å². The van der Waals surface area contributed by atoms with Gasteiger partial charge in [-0.25, -0.2) is 0 Å². The average Bonchev–Trinajstić information content (AvgIpc) is 2.93. The molecular weight excluding hydrogens is 230 g/mol. The van der Waals surface area contributed by atoms with Crippen LogP contribution in [0.25, 0.3) is 11.0 Å². The maximum atomic E-state index is 12.2. The van der Waals surface area contributed by atoms with E-state index < -0.39 is 6.10 Å². The molecule has 0 bridgehead atoms. The fourth-order valence-electron chi connectivity index (χ4n) is 2.35. The first-order valence-electron chi connectivity index (χ1n) is 6.11. The van der Waals surface area contributed by atoms with E-state index >= 15 is 0 Å². The van der Waals surface area contributed by atoms with E-state index in [1.807, 2.05) is 25.1 Å². The standard InChI is InChI=1S/C14H15NO3/c1-9-2-3-12-10(6-9)7-13(18-12)14(17)15-5-4-11(16)8-15/h2-3,6-7,11,16H,4-5,8H2,1H3/t11-/m1/s1. The molecule has 0 aliphatic carbocycles. The molecule has 1 fully saturated rings. The fraction of sp³-hybridized carbons (Fsp3) is 0.357. The number of nitrogens with zero attached hydrogens (tertiary/aromatic N) is 1. The number of hydrogen-bond donors (Lipinski definition) is 1.